The molecule has 0 aliphatic heterocycles. The Morgan fingerprint density at radius 3 is 2.72 bits per heavy atom. The summed E-state index contributed by atoms with van der Waals surface area (Å²) in [5, 5.41) is 0. The molecule has 0 bridgehead atoms. The summed E-state index contributed by atoms with van der Waals surface area (Å²) in [4.78, 5) is 14.7. The SMILES string of the molecule is CC(C)(C)SCCCn1c(=O)[nH]c2ccccc21. The number of hydrogen-bond acceptors (Lipinski definition) is 2. The molecule has 0 unspecified atom stereocenters. The first-order valence-electron chi connectivity index (χ1n) is 6.29. The zero-order valence-electron chi connectivity index (χ0n) is 11.2. The fraction of sp³-hybridized carbons (Fsp3) is 0.500. The zero-order valence-corrected chi connectivity index (χ0v) is 12.0. The van der Waals surface area contributed by atoms with Crippen molar-refractivity contribution >= 4 is 22.8 Å². The Hall–Kier alpha value is -1.16. The van der Waals surface area contributed by atoms with Crippen LogP contribution in [0.1, 0.15) is 27.2 Å². The topological polar surface area (TPSA) is 37.8 Å². The number of thioether (sulfide) groups is 1. The van der Waals surface area contributed by atoms with Crippen molar-refractivity contribution < 1.29 is 0 Å². The van der Waals surface area contributed by atoms with Crippen molar-refractivity contribution in [2.75, 3.05) is 5.75 Å². The first-order chi connectivity index (χ1) is 8.47. The maximum atomic E-state index is 11.8. The molecular formula is C14H20N2OS. The van der Waals surface area contributed by atoms with Crippen LogP contribution in [-0.2, 0) is 6.54 Å². The van der Waals surface area contributed by atoms with E-state index in [0.717, 1.165) is 29.8 Å². The van der Waals surface area contributed by atoms with E-state index in [1.54, 1.807) is 0 Å². The number of benzene rings is 1. The lowest BCUT2D eigenvalue weighted by molar-refractivity contribution is 0.676. The number of hydrogen-bond donors (Lipinski definition) is 1. The molecule has 0 spiro atoms. The summed E-state index contributed by atoms with van der Waals surface area (Å²) in [5.74, 6) is 1.08. The molecule has 0 fully saturated rings. The van der Waals surface area contributed by atoms with Gasteiger partial charge in [-0.15, -0.1) is 0 Å². The van der Waals surface area contributed by atoms with Gasteiger partial charge in [-0.05, 0) is 24.3 Å². The van der Waals surface area contributed by atoms with E-state index in [9.17, 15) is 4.79 Å². The van der Waals surface area contributed by atoms with E-state index >= 15 is 0 Å². The molecule has 0 radical (unpaired) electrons. The molecule has 0 aliphatic rings. The van der Waals surface area contributed by atoms with Gasteiger partial charge >= 0.3 is 5.69 Å². The molecule has 1 heterocycles. The summed E-state index contributed by atoms with van der Waals surface area (Å²) in [7, 11) is 0. The number of fused-ring (bicyclic) bond motifs is 1. The van der Waals surface area contributed by atoms with Gasteiger partial charge in [0.05, 0.1) is 11.0 Å². The molecule has 1 N–H and O–H groups in total. The van der Waals surface area contributed by atoms with Crippen molar-refractivity contribution in [3.63, 3.8) is 0 Å². The van der Waals surface area contributed by atoms with Crippen molar-refractivity contribution in [2.24, 2.45) is 0 Å². The second-order valence-corrected chi connectivity index (χ2v) is 7.33. The number of nitrogens with one attached hydrogen (secondary N) is 1. The Balaban J connectivity index is 2.04. The standard InChI is InChI=1S/C14H20N2OS/c1-14(2,3)18-10-6-9-16-12-8-5-4-7-11(12)15-13(16)17/h4-5,7-8H,6,9-10H2,1-3H3,(H,15,17). The van der Waals surface area contributed by atoms with E-state index in [2.05, 4.69) is 25.8 Å². The molecule has 98 valence electrons. The molecule has 1 aromatic heterocycles. The summed E-state index contributed by atoms with van der Waals surface area (Å²) >= 11 is 1.94. The minimum Gasteiger partial charge on any atom is -0.306 e. The number of imidazole rings is 1. The van der Waals surface area contributed by atoms with Crippen LogP contribution in [0.4, 0.5) is 0 Å². The van der Waals surface area contributed by atoms with Crippen molar-refractivity contribution in [2.45, 2.75) is 38.5 Å². The van der Waals surface area contributed by atoms with Crippen molar-refractivity contribution in [3.8, 4) is 0 Å². The molecule has 18 heavy (non-hydrogen) atoms. The third kappa shape index (κ3) is 3.19. The molecule has 0 saturated heterocycles. The number of nitrogens with zero attached hydrogens (tertiary/aromatic N) is 1. The highest BCUT2D eigenvalue weighted by Crippen LogP contribution is 2.23. The zero-order chi connectivity index (χ0) is 13.2. The molecule has 2 rings (SSSR count). The van der Waals surface area contributed by atoms with Gasteiger partial charge in [0.15, 0.2) is 0 Å². The molecular weight excluding hydrogens is 244 g/mol. The molecule has 3 nitrogen and oxygen atoms in total. The van der Waals surface area contributed by atoms with Crippen LogP contribution in [0, 0.1) is 0 Å². The Morgan fingerprint density at radius 1 is 1.28 bits per heavy atom. The van der Waals surface area contributed by atoms with Crippen LogP contribution in [0.25, 0.3) is 11.0 Å². The average Bonchev–Trinajstić information content (AvgIpc) is 2.59. The van der Waals surface area contributed by atoms with Crippen LogP contribution in [0.5, 0.6) is 0 Å². The second kappa shape index (κ2) is 5.22. The summed E-state index contributed by atoms with van der Waals surface area (Å²) in [5.41, 5.74) is 1.92. The molecule has 0 amide bonds. The van der Waals surface area contributed by atoms with Crippen molar-refractivity contribution in [3.05, 3.63) is 34.7 Å². The predicted octanol–water partition coefficient (Wildman–Crippen LogP) is 3.25. The summed E-state index contributed by atoms with van der Waals surface area (Å²) in [6.07, 6.45) is 1.02. The van der Waals surface area contributed by atoms with E-state index in [0.29, 0.717) is 4.75 Å². The first-order valence-corrected chi connectivity index (χ1v) is 7.27. The maximum absolute atomic E-state index is 11.8. The van der Waals surface area contributed by atoms with Gasteiger partial charge in [-0.1, -0.05) is 32.9 Å². The number of aromatic nitrogens is 2. The van der Waals surface area contributed by atoms with Crippen LogP contribution in [0.15, 0.2) is 29.1 Å². The molecule has 2 aromatic rings. The lowest BCUT2D eigenvalue weighted by Gasteiger charge is -2.17. The van der Waals surface area contributed by atoms with Gasteiger partial charge in [0, 0.05) is 11.3 Å². The quantitative estimate of drug-likeness (QED) is 0.861. The van der Waals surface area contributed by atoms with Gasteiger partial charge in [-0.3, -0.25) is 4.57 Å². The van der Waals surface area contributed by atoms with Gasteiger partial charge in [0.1, 0.15) is 0 Å². The van der Waals surface area contributed by atoms with E-state index in [1.165, 1.54) is 0 Å². The first kappa shape index (κ1) is 13.3. The highest BCUT2D eigenvalue weighted by atomic mass is 32.2. The van der Waals surface area contributed by atoms with E-state index in [1.807, 2.05) is 40.6 Å². The van der Waals surface area contributed by atoms with Crippen LogP contribution >= 0.6 is 11.8 Å². The lowest BCUT2D eigenvalue weighted by Crippen LogP contribution is -2.17. The Morgan fingerprint density at radius 2 is 2.00 bits per heavy atom. The third-order valence-electron chi connectivity index (χ3n) is 2.74. The van der Waals surface area contributed by atoms with Gasteiger partial charge in [0.2, 0.25) is 0 Å². The highest BCUT2D eigenvalue weighted by Gasteiger charge is 2.10. The van der Waals surface area contributed by atoms with E-state index < -0.39 is 0 Å². The predicted molar refractivity (Wildman–Crippen MR) is 79.4 cm³/mol. The minimum absolute atomic E-state index is 0.00282. The summed E-state index contributed by atoms with van der Waals surface area (Å²) < 4.78 is 2.13. The fourth-order valence-electron chi connectivity index (χ4n) is 1.93. The molecule has 1 aromatic carbocycles. The lowest BCUT2D eigenvalue weighted by atomic mass is 10.3. The summed E-state index contributed by atoms with van der Waals surface area (Å²) in [6, 6.07) is 7.84. The Labute approximate surface area is 112 Å². The highest BCUT2D eigenvalue weighted by molar-refractivity contribution is 8.00. The number of aryl methyl sites for hydroxylation is 1. The van der Waals surface area contributed by atoms with Gasteiger partial charge in [0.25, 0.3) is 0 Å². The third-order valence-corrected chi connectivity index (χ3v) is 4.10. The maximum Gasteiger partial charge on any atom is 0.326 e. The molecule has 0 saturated carbocycles. The van der Waals surface area contributed by atoms with Crippen LogP contribution < -0.4 is 5.69 Å². The van der Waals surface area contributed by atoms with Gasteiger partial charge < -0.3 is 4.98 Å². The van der Waals surface area contributed by atoms with Crippen molar-refractivity contribution in [1.29, 1.82) is 0 Å². The van der Waals surface area contributed by atoms with Gasteiger partial charge in [-0.2, -0.15) is 11.8 Å². The molecule has 4 heteroatoms. The van der Waals surface area contributed by atoms with Crippen LogP contribution in [0.2, 0.25) is 0 Å². The normalized spacial score (nSPS) is 12.2. The van der Waals surface area contributed by atoms with Crippen molar-refractivity contribution in [1.82, 2.24) is 9.55 Å². The fourth-order valence-corrected chi connectivity index (χ4v) is 2.82. The Bertz CT molecular complexity index is 577. The Kier molecular flexibility index (Phi) is 3.85. The monoisotopic (exact) mass is 264 g/mol. The number of aromatic amines is 1. The van der Waals surface area contributed by atoms with Crippen LogP contribution in [-0.4, -0.2) is 20.1 Å². The summed E-state index contributed by atoms with van der Waals surface area (Å²) in [6.45, 7) is 7.44. The molecule has 0 aliphatic carbocycles. The van der Waals surface area contributed by atoms with E-state index in [4.69, 9.17) is 0 Å². The minimum atomic E-state index is -0.00282. The average molecular weight is 264 g/mol. The van der Waals surface area contributed by atoms with Crippen LogP contribution in [0.3, 0.4) is 0 Å². The second-order valence-electron chi connectivity index (χ2n) is 5.41. The number of para-hydroxylation sites is 2. The number of H-pyrrole nitrogens is 1. The number of rotatable bonds is 4. The smallest absolute Gasteiger partial charge is 0.306 e. The van der Waals surface area contributed by atoms with E-state index in [-0.39, 0.29) is 5.69 Å². The molecule has 0 atom stereocenters. The van der Waals surface area contributed by atoms with Gasteiger partial charge in [-0.25, -0.2) is 4.79 Å². The largest absolute Gasteiger partial charge is 0.326 e.